The van der Waals surface area contributed by atoms with Crippen molar-refractivity contribution >= 4 is 60.4 Å². The molecule has 0 bridgehead atoms. The summed E-state index contributed by atoms with van der Waals surface area (Å²) in [6.45, 7) is 2.63. The molecule has 2 rings (SSSR count). The highest BCUT2D eigenvalue weighted by molar-refractivity contribution is 9.12. The van der Waals surface area contributed by atoms with Crippen LogP contribution < -0.4 is 5.32 Å². The zero-order valence-corrected chi connectivity index (χ0v) is 13.7. The number of hydrogen-bond donors (Lipinski definition) is 1. The van der Waals surface area contributed by atoms with E-state index in [0.717, 1.165) is 7.57 Å². The molecule has 2 aromatic rings. The van der Waals surface area contributed by atoms with Gasteiger partial charge in [0.1, 0.15) is 0 Å². The van der Waals surface area contributed by atoms with Crippen LogP contribution in [0.15, 0.2) is 24.4 Å². The number of rotatable bonds is 3. The maximum Gasteiger partial charge on any atom is 0.253 e. The van der Waals surface area contributed by atoms with E-state index in [1.165, 1.54) is 22.5 Å². The molecule has 2 nitrogen and oxygen atoms in total. The van der Waals surface area contributed by atoms with E-state index in [9.17, 15) is 4.79 Å². The van der Waals surface area contributed by atoms with Crippen LogP contribution in [0.1, 0.15) is 21.5 Å². The predicted octanol–water partition coefficient (Wildman–Crippen LogP) is 4.57. The second-order valence-corrected chi connectivity index (χ2v) is 7.99. The van der Waals surface area contributed by atoms with Crippen LogP contribution in [0.2, 0.25) is 0 Å². The fraction of sp³-hybridized carbons (Fsp3) is 0.182. The van der Waals surface area contributed by atoms with E-state index in [4.69, 9.17) is 0 Å². The molecule has 90 valence electrons. The molecule has 0 aliphatic rings. The van der Waals surface area contributed by atoms with Crippen molar-refractivity contribution < 1.29 is 4.79 Å². The molecule has 0 aliphatic carbocycles. The molecule has 0 fully saturated rings. The summed E-state index contributed by atoms with van der Waals surface area (Å²) in [6.07, 6.45) is 0. The topological polar surface area (TPSA) is 29.1 Å². The van der Waals surface area contributed by atoms with Crippen molar-refractivity contribution in [2.24, 2.45) is 0 Å². The molecule has 0 atom stereocenters. The van der Waals surface area contributed by atoms with Gasteiger partial charge in [0, 0.05) is 6.54 Å². The summed E-state index contributed by atoms with van der Waals surface area (Å²) in [4.78, 5) is 11.9. The van der Waals surface area contributed by atoms with Crippen molar-refractivity contribution in [2.45, 2.75) is 13.5 Å². The lowest BCUT2D eigenvalue weighted by atomic mass is 10.2. The van der Waals surface area contributed by atoms with Crippen LogP contribution >= 0.6 is 54.5 Å². The molecule has 1 N–H and O–H groups in total. The number of aryl methyl sites for hydroxylation is 1. The lowest BCUT2D eigenvalue weighted by molar-refractivity contribution is 0.0950. The molecule has 0 aliphatic heterocycles. The molecule has 17 heavy (non-hydrogen) atoms. The van der Waals surface area contributed by atoms with Gasteiger partial charge < -0.3 is 5.32 Å². The van der Waals surface area contributed by atoms with E-state index in [1.807, 2.05) is 6.07 Å². The number of halogens is 2. The molecule has 0 saturated carbocycles. The van der Waals surface area contributed by atoms with Crippen LogP contribution in [0.4, 0.5) is 0 Å². The van der Waals surface area contributed by atoms with Gasteiger partial charge in [-0.1, -0.05) is 0 Å². The summed E-state index contributed by atoms with van der Waals surface area (Å²) in [7, 11) is 0. The Labute approximate surface area is 124 Å². The number of carbonyl (C=O) groups is 1. The van der Waals surface area contributed by atoms with Gasteiger partial charge >= 0.3 is 0 Å². The minimum atomic E-state index is -0.0515. The van der Waals surface area contributed by atoms with Gasteiger partial charge in [-0.3, -0.25) is 4.79 Å². The molecule has 0 spiro atoms. The quantitative estimate of drug-likeness (QED) is 0.811. The number of nitrogens with one attached hydrogen (secondary N) is 1. The Kier molecular flexibility index (Phi) is 4.41. The van der Waals surface area contributed by atoms with Gasteiger partial charge in [-0.2, -0.15) is 11.3 Å². The van der Waals surface area contributed by atoms with Gasteiger partial charge in [0.05, 0.1) is 13.1 Å². The first-order valence-electron chi connectivity index (χ1n) is 4.82. The van der Waals surface area contributed by atoms with Gasteiger partial charge in [0.15, 0.2) is 0 Å². The predicted molar refractivity (Wildman–Crippen MR) is 79.9 cm³/mol. The molecule has 1 amide bonds. The number of carbonyl (C=O) groups excluding carboxylic acids is 1. The molecule has 0 saturated heterocycles. The zero-order valence-electron chi connectivity index (χ0n) is 8.92. The van der Waals surface area contributed by atoms with Gasteiger partial charge in [0.2, 0.25) is 0 Å². The second kappa shape index (κ2) is 5.65. The Morgan fingerprint density at radius 2 is 2.18 bits per heavy atom. The minimum Gasteiger partial charge on any atom is -0.348 e. The summed E-state index contributed by atoms with van der Waals surface area (Å²) in [5.41, 5.74) is 3.07. The Hall–Kier alpha value is -0.170. The van der Waals surface area contributed by atoms with E-state index in [2.05, 4.69) is 54.9 Å². The van der Waals surface area contributed by atoms with Crippen molar-refractivity contribution in [3.8, 4) is 0 Å². The Morgan fingerprint density at radius 1 is 1.41 bits per heavy atom. The normalized spacial score (nSPS) is 10.5. The fourth-order valence-corrected chi connectivity index (χ4v) is 4.98. The summed E-state index contributed by atoms with van der Waals surface area (Å²) >= 11 is 9.90. The van der Waals surface area contributed by atoms with Crippen molar-refractivity contribution in [2.75, 3.05) is 0 Å². The van der Waals surface area contributed by atoms with E-state index in [0.29, 0.717) is 12.1 Å². The van der Waals surface area contributed by atoms with Crippen molar-refractivity contribution in [3.05, 3.63) is 41.1 Å². The maximum atomic E-state index is 11.9. The molecule has 2 heterocycles. The molecule has 0 unspecified atom stereocenters. The third kappa shape index (κ3) is 3.19. The SMILES string of the molecule is Cc1cscc1CNC(=O)c1cc(Br)sc1Br. The smallest absolute Gasteiger partial charge is 0.253 e. The molecule has 6 heteroatoms. The maximum absolute atomic E-state index is 11.9. The standard InChI is InChI=1S/C11H9Br2NOS2/c1-6-4-16-5-7(6)3-14-11(15)8-2-9(12)17-10(8)13/h2,4-5H,3H2,1H3,(H,14,15). The van der Waals surface area contributed by atoms with Crippen molar-refractivity contribution in [1.29, 1.82) is 0 Å². The second-order valence-electron chi connectivity index (χ2n) is 3.50. The van der Waals surface area contributed by atoms with Gasteiger partial charge in [-0.05, 0) is 66.7 Å². The van der Waals surface area contributed by atoms with Gasteiger partial charge in [-0.15, -0.1) is 11.3 Å². The van der Waals surface area contributed by atoms with E-state index >= 15 is 0 Å². The highest BCUT2D eigenvalue weighted by Crippen LogP contribution is 2.31. The molecular formula is C11H9Br2NOS2. The molecule has 0 radical (unpaired) electrons. The first-order valence-corrected chi connectivity index (χ1v) is 8.17. The van der Waals surface area contributed by atoms with E-state index < -0.39 is 0 Å². The largest absolute Gasteiger partial charge is 0.348 e. The Balaban J connectivity index is 2.03. The summed E-state index contributed by atoms with van der Waals surface area (Å²) < 4.78 is 1.80. The van der Waals surface area contributed by atoms with Gasteiger partial charge in [-0.25, -0.2) is 0 Å². The zero-order chi connectivity index (χ0) is 12.4. The first kappa shape index (κ1) is 13.3. The van der Waals surface area contributed by atoms with Crippen LogP contribution in [0.5, 0.6) is 0 Å². The van der Waals surface area contributed by atoms with Gasteiger partial charge in [0.25, 0.3) is 5.91 Å². The van der Waals surface area contributed by atoms with Crippen LogP contribution in [0, 0.1) is 6.92 Å². The fourth-order valence-electron chi connectivity index (χ4n) is 1.33. The third-order valence-electron chi connectivity index (χ3n) is 2.30. The number of amides is 1. The van der Waals surface area contributed by atoms with Crippen LogP contribution in [0.3, 0.4) is 0 Å². The first-order chi connectivity index (χ1) is 8.08. The lowest BCUT2D eigenvalue weighted by Gasteiger charge is -2.03. The highest BCUT2D eigenvalue weighted by atomic mass is 79.9. The van der Waals surface area contributed by atoms with E-state index in [-0.39, 0.29) is 5.91 Å². The Morgan fingerprint density at radius 3 is 2.71 bits per heavy atom. The molecule has 2 aromatic heterocycles. The summed E-state index contributed by atoms with van der Waals surface area (Å²) in [6, 6.07) is 1.82. The molecule has 0 aromatic carbocycles. The van der Waals surface area contributed by atoms with Crippen LogP contribution in [-0.2, 0) is 6.54 Å². The number of hydrogen-bond acceptors (Lipinski definition) is 3. The van der Waals surface area contributed by atoms with Crippen molar-refractivity contribution in [1.82, 2.24) is 5.32 Å². The van der Waals surface area contributed by atoms with Crippen molar-refractivity contribution in [3.63, 3.8) is 0 Å². The lowest BCUT2D eigenvalue weighted by Crippen LogP contribution is -2.22. The Bertz CT molecular complexity index is 547. The monoisotopic (exact) mass is 393 g/mol. The van der Waals surface area contributed by atoms with Crippen LogP contribution in [-0.4, -0.2) is 5.91 Å². The average molecular weight is 395 g/mol. The van der Waals surface area contributed by atoms with Crippen LogP contribution in [0.25, 0.3) is 0 Å². The average Bonchev–Trinajstić information content (AvgIpc) is 2.81. The number of thiophene rings is 2. The third-order valence-corrected chi connectivity index (χ3v) is 5.55. The minimum absolute atomic E-state index is 0.0515. The van der Waals surface area contributed by atoms with E-state index in [1.54, 1.807) is 11.3 Å². The summed E-state index contributed by atoms with van der Waals surface area (Å²) in [5.74, 6) is -0.0515. The highest BCUT2D eigenvalue weighted by Gasteiger charge is 2.13. The summed E-state index contributed by atoms with van der Waals surface area (Å²) in [5, 5.41) is 7.07. The molecular weight excluding hydrogens is 386 g/mol.